The molecule has 0 radical (unpaired) electrons. The summed E-state index contributed by atoms with van der Waals surface area (Å²) in [6, 6.07) is 7.58. The zero-order valence-corrected chi connectivity index (χ0v) is 8.99. The van der Waals surface area contributed by atoms with Crippen LogP contribution in [0.25, 0.3) is 0 Å². The topological polar surface area (TPSA) is 38.3 Å². The molecule has 0 aliphatic carbocycles. The molecule has 15 heavy (non-hydrogen) atoms. The van der Waals surface area contributed by atoms with E-state index in [4.69, 9.17) is 4.74 Å². The van der Waals surface area contributed by atoms with E-state index in [9.17, 15) is 4.79 Å². The molecule has 0 atom stereocenters. The first-order valence-corrected chi connectivity index (χ1v) is 4.78. The number of anilines is 1. The van der Waals surface area contributed by atoms with Gasteiger partial charge >= 0.3 is 0 Å². The molecule has 0 bridgehead atoms. The number of amides is 1. The second kappa shape index (κ2) is 5.98. The van der Waals surface area contributed by atoms with Crippen LogP contribution in [0.1, 0.15) is 12.5 Å². The van der Waals surface area contributed by atoms with E-state index in [-0.39, 0.29) is 5.91 Å². The highest BCUT2D eigenvalue weighted by atomic mass is 16.5. The third-order valence-electron chi connectivity index (χ3n) is 1.82. The molecule has 1 aromatic carbocycles. The summed E-state index contributed by atoms with van der Waals surface area (Å²) in [7, 11) is 1.64. The highest BCUT2D eigenvalue weighted by molar-refractivity contribution is 5.99. The maximum Gasteiger partial charge on any atom is 0.248 e. The van der Waals surface area contributed by atoms with Gasteiger partial charge in [0.15, 0.2) is 0 Å². The Morgan fingerprint density at radius 3 is 3.00 bits per heavy atom. The predicted octanol–water partition coefficient (Wildman–Crippen LogP) is 2.35. The SMILES string of the molecule is CC=CC(=O)Nc1cccc(COC)c1. The monoisotopic (exact) mass is 205 g/mol. The Labute approximate surface area is 89.8 Å². The van der Waals surface area contributed by atoms with Crippen molar-refractivity contribution >= 4 is 11.6 Å². The van der Waals surface area contributed by atoms with E-state index in [1.54, 1.807) is 20.1 Å². The first kappa shape index (κ1) is 11.5. The van der Waals surface area contributed by atoms with Crippen molar-refractivity contribution in [3.05, 3.63) is 42.0 Å². The third kappa shape index (κ3) is 3.95. The molecular formula is C12H15NO2. The second-order valence-electron chi connectivity index (χ2n) is 3.12. The molecule has 0 fully saturated rings. The molecule has 80 valence electrons. The minimum absolute atomic E-state index is 0.118. The lowest BCUT2D eigenvalue weighted by Crippen LogP contribution is -2.07. The summed E-state index contributed by atoms with van der Waals surface area (Å²) in [5, 5.41) is 2.76. The molecule has 0 saturated heterocycles. The fourth-order valence-electron chi connectivity index (χ4n) is 1.24. The number of methoxy groups -OCH3 is 1. The van der Waals surface area contributed by atoms with Crippen LogP contribution in [0.15, 0.2) is 36.4 Å². The van der Waals surface area contributed by atoms with Crippen LogP contribution in [0.3, 0.4) is 0 Å². The minimum atomic E-state index is -0.118. The number of hydrogen-bond acceptors (Lipinski definition) is 2. The number of allylic oxidation sites excluding steroid dienone is 1. The molecule has 1 N–H and O–H groups in total. The van der Waals surface area contributed by atoms with E-state index in [1.807, 2.05) is 24.3 Å². The summed E-state index contributed by atoms with van der Waals surface area (Å²) in [6.45, 7) is 2.36. The van der Waals surface area contributed by atoms with Gasteiger partial charge < -0.3 is 10.1 Å². The van der Waals surface area contributed by atoms with E-state index in [0.717, 1.165) is 11.3 Å². The summed E-state index contributed by atoms with van der Waals surface area (Å²) in [6.07, 6.45) is 3.19. The van der Waals surface area contributed by atoms with Gasteiger partial charge in [-0.25, -0.2) is 0 Å². The van der Waals surface area contributed by atoms with Crippen molar-refractivity contribution in [3.8, 4) is 0 Å². The van der Waals surface area contributed by atoms with E-state index < -0.39 is 0 Å². The molecule has 0 heterocycles. The van der Waals surface area contributed by atoms with Crippen molar-refractivity contribution in [2.45, 2.75) is 13.5 Å². The highest BCUT2D eigenvalue weighted by Crippen LogP contribution is 2.11. The summed E-state index contributed by atoms with van der Waals surface area (Å²) < 4.78 is 5.01. The van der Waals surface area contributed by atoms with Crippen molar-refractivity contribution in [1.82, 2.24) is 0 Å². The molecule has 1 aromatic rings. The molecule has 0 saturated carbocycles. The molecule has 0 unspecified atom stereocenters. The number of nitrogens with one attached hydrogen (secondary N) is 1. The van der Waals surface area contributed by atoms with Gasteiger partial charge in [-0.15, -0.1) is 0 Å². The maximum absolute atomic E-state index is 11.3. The molecular weight excluding hydrogens is 190 g/mol. The number of benzene rings is 1. The van der Waals surface area contributed by atoms with E-state index in [2.05, 4.69) is 5.32 Å². The van der Waals surface area contributed by atoms with Crippen LogP contribution < -0.4 is 5.32 Å². The van der Waals surface area contributed by atoms with Crippen molar-refractivity contribution in [2.75, 3.05) is 12.4 Å². The number of ether oxygens (including phenoxy) is 1. The zero-order chi connectivity index (χ0) is 11.1. The first-order chi connectivity index (χ1) is 7.26. The highest BCUT2D eigenvalue weighted by Gasteiger charge is 1.98. The van der Waals surface area contributed by atoms with Crippen LogP contribution in [0, 0.1) is 0 Å². The van der Waals surface area contributed by atoms with Gasteiger partial charge in [-0.2, -0.15) is 0 Å². The Hall–Kier alpha value is -1.61. The van der Waals surface area contributed by atoms with Crippen LogP contribution in [0.4, 0.5) is 5.69 Å². The summed E-state index contributed by atoms with van der Waals surface area (Å²) in [5.74, 6) is -0.118. The maximum atomic E-state index is 11.3. The molecule has 0 spiro atoms. The van der Waals surface area contributed by atoms with E-state index in [1.165, 1.54) is 6.08 Å². The molecule has 3 heteroatoms. The lowest BCUT2D eigenvalue weighted by atomic mass is 10.2. The molecule has 0 aliphatic rings. The average molecular weight is 205 g/mol. The number of carbonyl (C=O) groups excluding carboxylic acids is 1. The van der Waals surface area contributed by atoms with Crippen LogP contribution >= 0.6 is 0 Å². The summed E-state index contributed by atoms with van der Waals surface area (Å²) >= 11 is 0. The molecule has 0 aliphatic heterocycles. The van der Waals surface area contributed by atoms with Gasteiger partial charge in [0.2, 0.25) is 5.91 Å². The van der Waals surface area contributed by atoms with Gasteiger partial charge in [0, 0.05) is 12.8 Å². The van der Waals surface area contributed by atoms with Gasteiger partial charge in [-0.1, -0.05) is 18.2 Å². The largest absolute Gasteiger partial charge is 0.380 e. The van der Waals surface area contributed by atoms with Crippen LogP contribution in [-0.4, -0.2) is 13.0 Å². The van der Waals surface area contributed by atoms with Crippen LogP contribution in [-0.2, 0) is 16.1 Å². The van der Waals surface area contributed by atoms with Crippen molar-refractivity contribution in [3.63, 3.8) is 0 Å². The Kier molecular flexibility index (Phi) is 4.57. The number of carbonyl (C=O) groups is 1. The summed E-state index contributed by atoms with van der Waals surface area (Å²) in [4.78, 5) is 11.3. The van der Waals surface area contributed by atoms with Gasteiger partial charge in [-0.05, 0) is 30.7 Å². The molecule has 0 aromatic heterocycles. The van der Waals surface area contributed by atoms with Gasteiger partial charge in [0.25, 0.3) is 0 Å². The molecule has 1 amide bonds. The van der Waals surface area contributed by atoms with Gasteiger partial charge in [0.1, 0.15) is 0 Å². The summed E-state index contributed by atoms with van der Waals surface area (Å²) in [5.41, 5.74) is 1.82. The smallest absolute Gasteiger partial charge is 0.248 e. The molecule has 1 rings (SSSR count). The van der Waals surface area contributed by atoms with Gasteiger partial charge in [0.05, 0.1) is 6.61 Å². The number of rotatable bonds is 4. The standard InChI is InChI=1S/C12H15NO2/c1-3-5-12(14)13-11-7-4-6-10(8-11)9-15-2/h3-8H,9H2,1-2H3,(H,13,14). The average Bonchev–Trinajstić information content (AvgIpc) is 2.19. The fourth-order valence-corrected chi connectivity index (χ4v) is 1.24. The quantitative estimate of drug-likeness (QED) is 0.766. The minimum Gasteiger partial charge on any atom is -0.380 e. The van der Waals surface area contributed by atoms with Crippen molar-refractivity contribution in [1.29, 1.82) is 0 Å². The lowest BCUT2D eigenvalue weighted by Gasteiger charge is -2.04. The Morgan fingerprint density at radius 1 is 1.53 bits per heavy atom. The molecule has 3 nitrogen and oxygen atoms in total. The van der Waals surface area contributed by atoms with Gasteiger partial charge in [-0.3, -0.25) is 4.79 Å². The van der Waals surface area contributed by atoms with Crippen LogP contribution in [0.2, 0.25) is 0 Å². The van der Waals surface area contributed by atoms with E-state index >= 15 is 0 Å². The van der Waals surface area contributed by atoms with Crippen molar-refractivity contribution in [2.24, 2.45) is 0 Å². The fraction of sp³-hybridized carbons (Fsp3) is 0.250. The first-order valence-electron chi connectivity index (χ1n) is 4.78. The van der Waals surface area contributed by atoms with Crippen LogP contribution in [0.5, 0.6) is 0 Å². The normalized spacial score (nSPS) is 10.5. The zero-order valence-electron chi connectivity index (χ0n) is 8.99. The Morgan fingerprint density at radius 2 is 2.33 bits per heavy atom. The predicted molar refractivity (Wildman–Crippen MR) is 60.6 cm³/mol. The Bertz CT molecular complexity index is 358. The van der Waals surface area contributed by atoms with E-state index in [0.29, 0.717) is 6.61 Å². The lowest BCUT2D eigenvalue weighted by molar-refractivity contribution is -0.111. The number of hydrogen-bond donors (Lipinski definition) is 1. The Balaban J connectivity index is 2.68. The van der Waals surface area contributed by atoms with Crippen molar-refractivity contribution < 1.29 is 9.53 Å². The third-order valence-corrected chi connectivity index (χ3v) is 1.82. The second-order valence-corrected chi connectivity index (χ2v) is 3.12.